The number of carbonyl (C=O) groups excluding carboxylic acids is 1. The van der Waals surface area contributed by atoms with Gasteiger partial charge in [0.05, 0.1) is 0 Å². The third kappa shape index (κ3) is 4.63. The summed E-state index contributed by atoms with van der Waals surface area (Å²) in [6, 6.07) is 6.07. The molecule has 2 amide bonds. The van der Waals surface area contributed by atoms with Crippen molar-refractivity contribution in [2.24, 2.45) is 11.8 Å². The Morgan fingerprint density at radius 1 is 1.29 bits per heavy atom. The number of likely N-dealkylation sites (N-methyl/N-ethyl adjacent to an activating group) is 1. The quantitative estimate of drug-likeness (QED) is 0.750. The van der Waals surface area contributed by atoms with E-state index >= 15 is 0 Å². The molecule has 1 saturated heterocycles. The lowest BCUT2D eigenvalue weighted by molar-refractivity contribution is -0.126. The number of rotatable bonds is 7. The first-order valence-corrected chi connectivity index (χ1v) is 10.1. The fraction of sp³-hybridized carbons (Fsp3) is 0.619. The molecule has 7 heteroatoms. The molecule has 2 aliphatic rings. The molecule has 1 aromatic carbocycles. The van der Waals surface area contributed by atoms with Crippen LogP contribution >= 0.6 is 0 Å². The molecule has 0 radical (unpaired) electrons. The number of nitrogens with zero attached hydrogens (tertiary/aromatic N) is 2. The van der Waals surface area contributed by atoms with Gasteiger partial charge < -0.3 is 10.4 Å². The Labute approximate surface area is 165 Å². The van der Waals surface area contributed by atoms with Crippen LogP contribution in [-0.4, -0.2) is 59.1 Å². The highest BCUT2D eigenvalue weighted by atomic mass is 19.1. The number of carboxylic acid groups (broad SMARTS) is 1. The van der Waals surface area contributed by atoms with Gasteiger partial charge in [0.25, 0.3) is 0 Å². The number of amides is 2. The Bertz CT molecular complexity index is 697. The number of fused-ring (bicyclic) bond motifs is 1. The number of likely N-dealkylation sites (tertiary alicyclic amines) is 1. The molecule has 28 heavy (non-hydrogen) atoms. The van der Waals surface area contributed by atoms with Gasteiger partial charge in [-0.1, -0.05) is 25.5 Å². The van der Waals surface area contributed by atoms with Crippen molar-refractivity contribution in [3.8, 4) is 0 Å². The molecule has 4 atom stereocenters. The topological polar surface area (TPSA) is 72.9 Å². The van der Waals surface area contributed by atoms with Crippen molar-refractivity contribution in [2.45, 2.75) is 51.2 Å². The predicted octanol–water partition coefficient (Wildman–Crippen LogP) is 2.93. The van der Waals surface area contributed by atoms with Crippen molar-refractivity contribution in [3.05, 3.63) is 35.6 Å². The van der Waals surface area contributed by atoms with E-state index in [1.165, 1.54) is 19.2 Å². The molecule has 2 fully saturated rings. The number of carbonyl (C=O) groups is 2. The molecule has 1 saturated carbocycles. The van der Waals surface area contributed by atoms with E-state index in [1.807, 2.05) is 19.1 Å². The maximum Gasteiger partial charge on any atom is 0.407 e. The largest absolute Gasteiger partial charge is 0.465 e. The molecular weight excluding hydrogens is 361 g/mol. The van der Waals surface area contributed by atoms with E-state index in [0.29, 0.717) is 18.3 Å². The molecule has 0 bridgehead atoms. The molecule has 1 aliphatic carbocycles. The van der Waals surface area contributed by atoms with E-state index in [9.17, 15) is 19.1 Å². The minimum Gasteiger partial charge on any atom is -0.465 e. The third-order valence-electron chi connectivity index (χ3n) is 6.21. The average Bonchev–Trinajstić information content (AvgIpc) is 3.22. The molecule has 0 spiro atoms. The van der Waals surface area contributed by atoms with Gasteiger partial charge in [-0.05, 0) is 48.8 Å². The Balaban J connectivity index is 1.58. The lowest BCUT2D eigenvalue weighted by Gasteiger charge is -2.28. The van der Waals surface area contributed by atoms with Crippen LogP contribution in [0.15, 0.2) is 24.3 Å². The zero-order valence-corrected chi connectivity index (χ0v) is 16.6. The van der Waals surface area contributed by atoms with Crippen LogP contribution in [-0.2, 0) is 11.3 Å². The van der Waals surface area contributed by atoms with Crippen molar-refractivity contribution < 1.29 is 19.1 Å². The maximum absolute atomic E-state index is 13.1. The van der Waals surface area contributed by atoms with Gasteiger partial charge in [-0.2, -0.15) is 0 Å². The molecule has 0 aromatic heterocycles. The van der Waals surface area contributed by atoms with Crippen LogP contribution in [0.3, 0.4) is 0 Å². The summed E-state index contributed by atoms with van der Waals surface area (Å²) < 4.78 is 13.1. The fourth-order valence-electron chi connectivity index (χ4n) is 4.70. The highest BCUT2D eigenvalue weighted by Gasteiger charge is 2.43. The molecule has 3 rings (SSSR count). The van der Waals surface area contributed by atoms with Gasteiger partial charge in [0, 0.05) is 32.7 Å². The molecule has 154 valence electrons. The summed E-state index contributed by atoms with van der Waals surface area (Å²) in [5.41, 5.74) is 1.09. The van der Waals surface area contributed by atoms with Crippen molar-refractivity contribution >= 4 is 12.0 Å². The van der Waals surface area contributed by atoms with Crippen LogP contribution in [0.25, 0.3) is 0 Å². The second-order valence-electron chi connectivity index (χ2n) is 8.13. The lowest BCUT2D eigenvalue weighted by Crippen LogP contribution is -2.51. The Hall–Kier alpha value is -2.15. The number of benzene rings is 1. The van der Waals surface area contributed by atoms with Gasteiger partial charge in [0.2, 0.25) is 5.91 Å². The summed E-state index contributed by atoms with van der Waals surface area (Å²) in [6.07, 6.45) is 2.21. The molecule has 1 aromatic rings. The van der Waals surface area contributed by atoms with Gasteiger partial charge in [0.1, 0.15) is 11.9 Å². The maximum atomic E-state index is 13.1. The monoisotopic (exact) mass is 391 g/mol. The average molecular weight is 391 g/mol. The zero-order valence-electron chi connectivity index (χ0n) is 16.6. The fourth-order valence-corrected chi connectivity index (χ4v) is 4.70. The van der Waals surface area contributed by atoms with E-state index < -0.39 is 12.1 Å². The first kappa shape index (κ1) is 20.6. The van der Waals surface area contributed by atoms with E-state index in [1.54, 1.807) is 0 Å². The van der Waals surface area contributed by atoms with Crippen molar-refractivity contribution in [3.63, 3.8) is 0 Å². The van der Waals surface area contributed by atoms with E-state index in [4.69, 9.17) is 0 Å². The van der Waals surface area contributed by atoms with Crippen LogP contribution in [0.4, 0.5) is 9.18 Å². The van der Waals surface area contributed by atoms with Crippen molar-refractivity contribution in [1.29, 1.82) is 0 Å². The van der Waals surface area contributed by atoms with E-state index in [2.05, 4.69) is 10.2 Å². The summed E-state index contributed by atoms with van der Waals surface area (Å²) in [5, 5.41) is 12.4. The first-order valence-electron chi connectivity index (χ1n) is 10.1. The van der Waals surface area contributed by atoms with Crippen molar-refractivity contribution in [1.82, 2.24) is 15.1 Å². The summed E-state index contributed by atoms with van der Waals surface area (Å²) in [7, 11) is 1.46. The second-order valence-corrected chi connectivity index (χ2v) is 8.13. The molecule has 1 heterocycles. The van der Waals surface area contributed by atoms with Crippen LogP contribution < -0.4 is 5.32 Å². The van der Waals surface area contributed by atoms with Crippen LogP contribution in [0.2, 0.25) is 0 Å². The van der Waals surface area contributed by atoms with Gasteiger partial charge in [-0.15, -0.1) is 0 Å². The van der Waals surface area contributed by atoms with Gasteiger partial charge in [-0.3, -0.25) is 14.6 Å². The predicted molar refractivity (Wildman–Crippen MR) is 104 cm³/mol. The van der Waals surface area contributed by atoms with Crippen LogP contribution in [0, 0.1) is 17.7 Å². The van der Waals surface area contributed by atoms with Crippen molar-refractivity contribution in [2.75, 3.05) is 20.1 Å². The van der Waals surface area contributed by atoms with E-state index in [0.717, 1.165) is 49.4 Å². The first-order chi connectivity index (χ1) is 13.4. The Morgan fingerprint density at radius 3 is 2.64 bits per heavy atom. The van der Waals surface area contributed by atoms with Gasteiger partial charge >= 0.3 is 6.09 Å². The summed E-state index contributed by atoms with van der Waals surface area (Å²) >= 11 is 0. The van der Waals surface area contributed by atoms with Gasteiger partial charge in [-0.25, -0.2) is 9.18 Å². The highest BCUT2D eigenvalue weighted by Crippen LogP contribution is 2.38. The molecule has 1 aliphatic heterocycles. The number of nitrogens with one attached hydrogen (secondary N) is 1. The minimum atomic E-state index is -1.08. The molecule has 0 unspecified atom stereocenters. The lowest BCUT2D eigenvalue weighted by atomic mass is 9.97. The SMILES string of the molecule is CCC[C@@H](C(=O)N[C@H]1CC[C@@H]2CN(Cc3ccc(F)cc3)C[C@@H]21)N(C)C(=O)O. The zero-order chi connectivity index (χ0) is 20.3. The van der Waals surface area contributed by atoms with Crippen LogP contribution in [0.5, 0.6) is 0 Å². The standard InChI is InChI=1S/C21H30FN3O3/c1-3-4-19(24(2)21(27)28)20(26)23-18-10-7-15-12-25(13-17(15)18)11-14-5-8-16(22)9-6-14/h5-6,8-9,15,17-19H,3-4,7,10-13H2,1-2H3,(H,23,26)(H,27,28)/t15-,17+,18+,19+/m1/s1. The summed E-state index contributed by atoms with van der Waals surface area (Å²) in [5.74, 6) is 0.529. The molecule has 2 N–H and O–H groups in total. The smallest absolute Gasteiger partial charge is 0.407 e. The number of halogens is 1. The highest BCUT2D eigenvalue weighted by molar-refractivity contribution is 5.85. The minimum absolute atomic E-state index is 0.0947. The molecular formula is C21H30FN3O3. The number of hydrogen-bond acceptors (Lipinski definition) is 3. The Morgan fingerprint density at radius 2 is 2.00 bits per heavy atom. The van der Waals surface area contributed by atoms with Gasteiger partial charge in [0.15, 0.2) is 0 Å². The Kier molecular flexibility index (Phi) is 6.54. The molecule has 6 nitrogen and oxygen atoms in total. The summed E-state index contributed by atoms with van der Waals surface area (Å²) in [4.78, 5) is 27.5. The normalized spacial score (nSPS) is 25.3. The van der Waals surface area contributed by atoms with Crippen LogP contribution in [0.1, 0.15) is 38.2 Å². The summed E-state index contributed by atoms with van der Waals surface area (Å²) in [6.45, 7) is 4.63. The van der Waals surface area contributed by atoms with E-state index in [-0.39, 0.29) is 17.8 Å². The third-order valence-corrected chi connectivity index (χ3v) is 6.21. The second kappa shape index (κ2) is 8.90. The number of hydrogen-bond donors (Lipinski definition) is 2.